The molecule has 1 aromatic heterocycles. The zero-order valence-electron chi connectivity index (χ0n) is 13.3. The van der Waals surface area contributed by atoms with Crippen LogP contribution in [-0.2, 0) is 0 Å². The maximum absolute atomic E-state index is 11.9. The van der Waals surface area contributed by atoms with E-state index in [1.54, 1.807) is 19.2 Å². The second-order valence-corrected chi connectivity index (χ2v) is 5.73. The molecule has 0 atom stereocenters. The van der Waals surface area contributed by atoms with E-state index in [-0.39, 0.29) is 5.91 Å². The van der Waals surface area contributed by atoms with Crippen LogP contribution in [0.25, 0.3) is 0 Å². The molecule has 5 heteroatoms. The summed E-state index contributed by atoms with van der Waals surface area (Å²) < 4.78 is 5.10. The number of amides is 1. The van der Waals surface area contributed by atoms with Gasteiger partial charge in [-0.25, -0.2) is 5.43 Å². The summed E-state index contributed by atoms with van der Waals surface area (Å²) in [6.45, 7) is 4.01. The number of benzene rings is 1. The van der Waals surface area contributed by atoms with Crippen LogP contribution in [0.1, 0.15) is 40.9 Å². The van der Waals surface area contributed by atoms with Gasteiger partial charge in [0, 0.05) is 18.8 Å². The molecule has 1 aliphatic rings. The van der Waals surface area contributed by atoms with Crippen molar-refractivity contribution in [3.63, 3.8) is 0 Å². The normalized spacial score (nSPS) is 15.1. The van der Waals surface area contributed by atoms with E-state index in [0.717, 1.165) is 18.7 Å². The Labute approximate surface area is 136 Å². The second-order valence-electron chi connectivity index (χ2n) is 5.73. The number of piperidine rings is 1. The van der Waals surface area contributed by atoms with Gasteiger partial charge >= 0.3 is 0 Å². The third-order valence-electron chi connectivity index (χ3n) is 4.10. The number of rotatable bonds is 4. The van der Waals surface area contributed by atoms with E-state index in [1.807, 2.05) is 12.1 Å². The van der Waals surface area contributed by atoms with Gasteiger partial charge in [-0.1, -0.05) is 12.1 Å². The van der Waals surface area contributed by atoms with Crippen molar-refractivity contribution in [2.45, 2.75) is 26.2 Å². The Balaban J connectivity index is 1.57. The Hall–Kier alpha value is -2.56. The first-order valence-electron chi connectivity index (χ1n) is 7.96. The lowest BCUT2D eigenvalue weighted by Gasteiger charge is -2.28. The Morgan fingerprint density at radius 1 is 1.17 bits per heavy atom. The smallest absolute Gasteiger partial charge is 0.274 e. The minimum atomic E-state index is -0.266. The van der Waals surface area contributed by atoms with Crippen molar-refractivity contribution < 1.29 is 9.21 Å². The molecule has 1 aromatic carbocycles. The van der Waals surface area contributed by atoms with E-state index in [2.05, 4.69) is 27.6 Å². The van der Waals surface area contributed by atoms with E-state index in [4.69, 9.17) is 4.42 Å². The SMILES string of the molecule is Cc1occc1C(=O)N/N=C/c1ccc(N2CCCCC2)cc1. The highest BCUT2D eigenvalue weighted by Gasteiger charge is 2.11. The maximum Gasteiger partial charge on any atom is 0.274 e. The summed E-state index contributed by atoms with van der Waals surface area (Å²) in [5.41, 5.74) is 5.22. The van der Waals surface area contributed by atoms with Crippen LogP contribution in [-0.4, -0.2) is 25.2 Å². The van der Waals surface area contributed by atoms with Gasteiger partial charge < -0.3 is 9.32 Å². The van der Waals surface area contributed by atoms with Crippen LogP contribution in [0.2, 0.25) is 0 Å². The molecule has 120 valence electrons. The van der Waals surface area contributed by atoms with Crippen LogP contribution in [0.3, 0.4) is 0 Å². The van der Waals surface area contributed by atoms with Crippen LogP contribution in [0.15, 0.2) is 46.1 Å². The van der Waals surface area contributed by atoms with Crippen molar-refractivity contribution >= 4 is 17.8 Å². The van der Waals surface area contributed by atoms with E-state index >= 15 is 0 Å². The lowest BCUT2D eigenvalue weighted by atomic mass is 10.1. The average molecular weight is 311 g/mol. The van der Waals surface area contributed by atoms with Crippen molar-refractivity contribution in [2.24, 2.45) is 5.10 Å². The summed E-state index contributed by atoms with van der Waals surface area (Å²) in [6, 6.07) is 9.88. The molecule has 1 aliphatic heterocycles. The summed E-state index contributed by atoms with van der Waals surface area (Å²) in [4.78, 5) is 14.3. The quantitative estimate of drug-likeness (QED) is 0.696. The second kappa shape index (κ2) is 7.13. The van der Waals surface area contributed by atoms with Gasteiger partial charge in [0.1, 0.15) is 5.76 Å². The number of hydrogen-bond donors (Lipinski definition) is 1. The monoisotopic (exact) mass is 311 g/mol. The molecule has 0 aliphatic carbocycles. The number of hydrazone groups is 1. The van der Waals surface area contributed by atoms with Gasteiger partial charge in [0.05, 0.1) is 18.0 Å². The maximum atomic E-state index is 11.9. The fourth-order valence-electron chi connectivity index (χ4n) is 2.77. The highest BCUT2D eigenvalue weighted by atomic mass is 16.3. The predicted molar refractivity (Wildman–Crippen MR) is 91.0 cm³/mol. The first-order chi connectivity index (χ1) is 11.2. The average Bonchev–Trinajstić information content (AvgIpc) is 3.02. The third-order valence-corrected chi connectivity index (χ3v) is 4.10. The molecule has 23 heavy (non-hydrogen) atoms. The summed E-state index contributed by atoms with van der Waals surface area (Å²) in [5, 5.41) is 4.00. The van der Waals surface area contributed by atoms with Crippen LogP contribution >= 0.6 is 0 Å². The standard InChI is InChI=1S/C18H21N3O2/c1-14-17(9-12-23-14)18(22)20-19-13-15-5-7-16(8-6-15)21-10-3-2-4-11-21/h5-9,12-13H,2-4,10-11H2,1H3,(H,20,22)/b19-13+. The summed E-state index contributed by atoms with van der Waals surface area (Å²) in [6.07, 6.45) is 7.00. The molecular weight excluding hydrogens is 290 g/mol. The van der Waals surface area contributed by atoms with Crippen LogP contribution in [0.5, 0.6) is 0 Å². The van der Waals surface area contributed by atoms with E-state index in [1.165, 1.54) is 31.2 Å². The van der Waals surface area contributed by atoms with Gasteiger partial charge in [-0.05, 0) is 49.9 Å². The molecule has 0 saturated carbocycles. The van der Waals surface area contributed by atoms with Crippen molar-refractivity contribution in [2.75, 3.05) is 18.0 Å². The molecule has 0 spiro atoms. The summed E-state index contributed by atoms with van der Waals surface area (Å²) in [5.74, 6) is 0.320. The van der Waals surface area contributed by atoms with Gasteiger partial charge in [0.2, 0.25) is 0 Å². The number of nitrogens with one attached hydrogen (secondary N) is 1. The van der Waals surface area contributed by atoms with E-state index < -0.39 is 0 Å². The largest absolute Gasteiger partial charge is 0.469 e. The van der Waals surface area contributed by atoms with E-state index in [0.29, 0.717) is 11.3 Å². The van der Waals surface area contributed by atoms with E-state index in [9.17, 15) is 4.79 Å². The molecule has 0 bridgehead atoms. The highest BCUT2D eigenvalue weighted by molar-refractivity contribution is 5.95. The molecular formula is C18H21N3O2. The molecule has 5 nitrogen and oxygen atoms in total. The van der Waals surface area contributed by atoms with Crippen molar-refractivity contribution in [3.8, 4) is 0 Å². The molecule has 2 aromatic rings. The van der Waals surface area contributed by atoms with Crippen molar-refractivity contribution in [1.82, 2.24) is 5.43 Å². The van der Waals surface area contributed by atoms with Crippen molar-refractivity contribution in [3.05, 3.63) is 53.5 Å². The van der Waals surface area contributed by atoms with Crippen molar-refractivity contribution in [1.29, 1.82) is 0 Å². The minimum Gasteiger partial charge on any atom is -0.469 e. The molecule has 1 saturated heterocycles. The fraction of sp³-hybridized carbons (Fsp3) is 0.333. The van der Waals surface area contributed by atoms with Crippen LogP contribution in [0, 0.1) is 6.92 Å². The number of carbonyl (C=O) groups is 1. The first kappa shape index (κ1) is 15.3. The number of hydrogen-bond acceptors (Lipinski definition) is 4. The number of anilines is 1. The Kier molecular flexibility index (Phi) is 4.76. The highest BCUT2D eigenvalue weighted by Crippen LogP contribution is 2.19. The van der Waals surface area contributed by atoms with Crippen LogP contribution in [0.4, 0.5) is 5.69 Å². The lowest BCUT2D eigenvalue weighted by Crippen LogP contribution is -2.29. The van der Waals surface area contributed by atoms with Gasteiger partial charge in [-0.15, -0.1) is 0 Å². The van der Waals surface area contributed by atoms with Crippen LogP contribution < -0.4 is 10.3 Å². The van der Waals surface area contributed by atoms with Gasteiger partial charge in [-0.3, -0.25) is 4.79 Å². The minimum absolute atomic E-state index is 0.266. The zero-order valence-corrected chi connectivity index (χ0v) is 13.3. The fourth-order valence-corrected chi connectivity index (χ4v) is 2.77. The summed E-state index contributed by atoms with van der Waals surface area (Å²) in [7, 11) is 0. The first-order valence-corrected chi connectivity index (χ1v) is 7.96. The topological polar surface area (TPSA) is 57.8 Å². The van der Waals surface area contributed by atoms with Gasteiger partial charge in [-0.2, -0.15) is 5.10 Å². The van der Waals surface area contributed by atoms with Gasteiger partial charge in [0.25, 0.3) is 5.91 Å². The lowest BCUT2D eigenvalue weighted by molar-refractivity contribution is 0.0953. The Bertz CT molecular complexity index is 683. The Morgan fingerprint density at radius 3 is 2.57 bits per heavy atom. The zero-order chi connectivity index (χ0) is 16.1. The van der Waals surface area contributed by atoms with Gasteiger partial charge in [0.15, 0.2) is 0 Å². The molecule has 1 amide bonds. The molecule has 0 radical (unpaired) electrons. The Morgan fingerprint density at radius 2 is 1.91 bits per heavy atom. The molecule has 3 rings (SSSR count). The molecule has 1 N–H and O–H groups in total. The number of aryl methyl sites for hydroxylation is 1. The number of carbonyl (C=O) groups excluding carboxylic acids is 1. The summed E-state index contributed by atoms with van der Waals surface area (Å²) >= 11 is 0. The number of nitrogens with zero attached hydrogens (tertiary/aromatic N) is 2. The molecule has 1 fully saturated rings. The molecule has 0 unspecified atom stereocenters. The third kappa shape index (κ3) is 3.80. The molecule has 2 heterocycles. The number of furan rings is 1. The predicted octanol–water partition coefficient (Wildman–Crippen LogP) is 3.34.